The highest BCUT2D eigenvalue weighted by atomic mass is 19.4. The van der Waals surface area contributed by atoms with Crippen LogP contribution in [0.1, 0.15) is 44.9 Å². The van der Waals surface area contributed by atoms with Crippen LogP contribution in [0.25, 0.3) is 0 Å². The van der Waals surface area contributed by atoms with E-state index < -0.39 is 12.2 Å². The van der Waals surface area contributed by atoms with Gasteiger partial charge in [-0.05, 0) is 25.2 Å². The summed E-state index contributed by atoms with van der Waals surface area (Å²) < 4.78 is 37.5. The molecule has 15 heavy (non-hydrogen) atoms. The smallest absolute Gasteiger partial charge is 0.303 e. The van der Waals surface area contributed by atoms with E-state index in [4.69, 9.17) is 0 Å². The molecule has 88 valence electrons. The Hall–Kier alpha value is -0.250. The van der Waals surface area contributed by atoms with Gasteiger partial charge in [0, 0.05) is 6.04 Å². The summed E-state index contributed by atoms with van der Waals surface area (Å²) in [5.41, 5.74) is 0. The van der Waals surface area contributed by atoms with Crippen LogP contribution in [0.4, 0.5) is 13.2 Å². The van der Waals surface area contributed by atoms with E-state index in [1.165, 1.54) is 19.3 Å². The average molecular weight is 221 g/mol. The lowest BCUT2D eigenvalue weighted by atomic mass is 9.79. The van der Waals surface area contributed by atoms with Crippen LogP contribution in [-0.2, 0) is 0 Å². The number of piperidine rings is 1. The molecule has 1 heterocycles. The quantitative estimate of drug-likeness (QED) is 0.754. The molecule has 2 rings (SSSR count). The number of rotatable bonds is 2. The highest BCUT2D eigenvalue weighted by Gasteiger charge is 2.42. The molecule has 2 aliphatic rings. The van der Waals surface area contributed by atoms with Gasteiger partial charge >= 0.3 is 6.18 Å². The molecule has 2 unspecified atom stereocenters. The standard InChI is InChI=1S/C11H18F3N/c12-11(13,14)10-6-2-5-9(15-10)7-8-3-1-4-8/h8-10,15H,1-7H2. The lowest BCUT2D eigenvalue weighted by molar-refractivity contribution is -0.163. The van der Waals surface area contributed by atoms with Gasteiger partial charge in [-0.1, -0.05) is 25.7 Å². The minimum Gasteiger partial charge on any atom is -0.303 e. The third-order valence-corrected chi connectivity index (χ3v) is 3.72. The maximum absolute atomic E-state index is 12.5. The minimum atomic E-state index is -4.06. The number of hydrogen-bond acceptors (Lipinski definition) is 1. The van der Waals surface area contributed by atoms with Crippen LogP contribution in [0.5, 0.6) is 0 Å². The van der Waals surface area contributed by atoms with Gasteiger partial charge in [0.15, 0.2) is 0 Å². The lowest BCUT2D eigenvalue weighted by Crippen LogP contribution is -2.51. The van der Waals surface area contributed by atoms with E-state index in [1.807, 2.05) is 0 Å². The molecule has 0 aromatic carbocycles. The Bertz CT molecular complexity index is 210. The molecule has 0 spiro atoms. The summed E-state index contributed by atoms with van der Waals surface area (Å²) in [4.78, 5) is 0. The van der Waals surface area contributed by atoms with Crippen molar-refractivity contribution < 1.29 is 13.2 Å². The largest absolute Gasteiger partial charge is 0.403 e. The normalized spacial score (nSPS) is 33.8. The Kier molecular flexibility index (Phi) is 3.24. The molecule has 1 saturated carbocycles. The molecular formula is C11H18F3N. The SMILES string of the molecule is FC(F)(F)C1CCCC(CC2CCC2)N1. The third kappa shape index (κ3) is 2.86. The first kappa shape index (κ1) is 11.2. The van der Waals surface area contributed by atoms with Crippen LogP contribution >= 0.6 is 0 Å². The molecule has 1 aliphatic heterocycles. The van der Waals surface area contributed by atoms with Crippen molar-refractivity contribution in [3.05, 3.63) is 0 Å². The van der Waals surface area contributed by atoms with Crippen molar-refractivity contribution >= 4 is 0 Å². The first-order chi connectivity index (χ1) is 7.05. The second-order valence-corrected chi connectivity index (χ2v) is 4.92. The summed E-state index contributed by atoms with van der Waals surface area (Å²) >= 11 is 0. The van der Waals surface area contributed by atoms with E-state index in [0.717, 1.165) is 12.8 Å². The molecule has 0 radical (unpaired) electrons. The van der Waals surface area contributed by atoms with Crippen LogP contribution in [0, 0.1) is 5.92 Å². The fraction of sp³-hybridized carbons (Fsp3) is 1.00. The molecule has 2 fully saturated rings. The van der Waals surface area contributed by atoms with Gasteiger partial charge in [-0.25, -0.2) is 0 Å². The van der Waals surface area contributed by atoms with Crippen molar-refractivity contribution in [1.29, 1.82) is 0 Å². The van der Waals surface area contributed by atoms with Crippen molar-refractivity contribution in [2.24, 2.45) is 5.92 Å². The first-order valence-electron chi connectivity index (χ1n) is 5.88. The van der Waals surface area contributed by atoms with Gasteiger partial charge in [0.25, 0.3) is 0 Å². The van der Waals surface area contributed by atoms with Crippen LogP contribution in [0.3, 0.4) is 0 Å². The first-order valence-corrected chi connectivity index (χ1v) is 5.88. The van der Waals surface area contributed by atoms with Gasteiger partial charge in [-0.15, -0.1) is 0 Å². The zero-order chi connectivity index (χ0) is 10.9. The molecule has 0 bridgehead atoms. The molecule has 4 heteroatoms. The maximum atomic E-state index is 12.5. The fourth-order valence-electron chi connectivity index (χ4n) is 2.59. The zero-order valence-corrected chi connectivity index (χ0v) is 8.82. The summed E-state index contributed by atoms with van der Waals surface area (Å²) in [6.45, 7) is 0. The lowest BCUT2D eigenvalue weighted by Gasteiger charge is -2.36. The van der Waals surface area contributed by atoms with E-state index in [0.29, 0.717) is 12.3 Å². The molecule has 0 amide bonds. The van der Waals surface area contributed by atoms with Gasteiger partial charge < -0.3 is 5.32 Å². The molecular weight excluding hydrogens is 203 g/mol. The summed E-state index contributed by atoms with van der Waals surface area (Å²) in [7, 11) is 0. The highest BCUT2D eigenvalue weighted by molar-refractivity contribution is 4.87. The number of nitrogens with one attached hydrogen (secondary N) is 1. The number of alkyl halides is 3. The van der Waals surface area contributed by atoms with Gasteiger partial charge in [-0.2, -0.15) is 13.2 Å². The molecule has 1 nitrogen and oxygen atoms in total. The van der Waals surface area contributed by atoms with Gasteiger partial charge in [-0.3, -0.25) is 0 Å². The molecule has 0 aromatic rings. The predicted molar refractivity (Wildman–Crippen MR) is 52.6 cm³/mol. The van der Waals surface area contributed by atoms with Crippen LogP contribution in [0.2, 0.25) is 0 Å². The Morgan fingerprint density at radius 3 is 2.20 bits per heavy atom. The monoisotopic (exact) mass is 221 g/mol. The molecule has 0 aromatic heterocycles. The number of halogens is 3. The minimum absolute atomic E-state index is 0.107. The Morgan fingerprint density at radius 2 is 1.67 bits per heavy atom. The van der Waals surface area contributed by atoms with Gasteiger partial charge in [0.2, 0.25) is 0 Å². The molecule has 1 saturated heterocycles. The molecule has 1 N–H and O–H groups in total. The van der Waals surface area contributed by atoms with Gasteiger partial charge in [0.05, 0.1) is 0 Å². The average Bonchev–Trinajstić information content (AvgIpc) is 2.11. The molecule has 1 aliphatic carbocycles. The van der Waals surface area contributed by atoms with E-state index in [-0.39, 0.29) is 12.5 Å². The van der Waals surface area contributed by atoms with E-state index in [2.05, 4.69) is 5.32 Å². The highest BCUT2D eigenvalue weighted by Crippen LogP contribution is 2.34. The Labute approximate surface area is 88.4 Å². The second-order valence-electron chi connectivity index (χ2n) is 4.92. The zero-order valence-electron chi connectivity index (χ0n) is 8.82. The fourth-order valence-corrected chi connectivity index (χ4v) is 2.59. The van der Waals surface area contributed by atoms with E-state index in [9.17, 15) is 13.2 Å². The summed E-state index contributed by atoms with van der Waals surface area (Å²) in [6, 6.07) is -1.15. The predicted octanol–water partition coefficient (Wildman–Crippen LogP) is 3.25. The van der Waals surface area contributed by atoms with Crippen molar-refractivity contribution in [2.45, 2.75) is 63.2 Å². The summed E-state index contributed by atoms with van der Waals surface area (Å²) in [6.07, 6.45) is 2.48. The third-order valence-electron chi connectivity index (χ3n) is 3.72. The van der Waals surface area contributed by atoms with Crippen molar-refractivity contribution in [3.8, 4) is 0 Å². The van der Waals surface area contributed by atoms with E-state index >= 15 is 0 Å². The maximum Gasteiger partial charge on any atom is 0.403 e. The van der Waals surface area contributed by atoms with Crippen LogP contribution < -0.4 is 5.32 Å². The van der Waals surface area contributed by atoms with E-state index in [1.54, 1.807) is 0 Å². The summed E-state index contributed by atoms with van der Waals surface area (Å²) in [5.74, 6) is 0.689. The molecule has 2 atom stereocenters. The van der Waals surface area contributed by atoms with Crippen LogP contribution in [-0.4, -0.2) is 18.3 Å². The second kappa shape index (κ2) is 4.32. The van der Waals surface area contributed by atoms with Crippen molar-refractivity contribution in [1.82, 2.24) is 5.32 Å². The topological polar surface area (TPSA) is 12.0 Å². The Morgan fingerprint density at radius 1 is 1.00 bits per heavy atom. The van der Waals surface area contributed by atoms with Crippen LogP contribution in [0.15, 0.2) is 0 Å². The summed E-state index contributed by atoms with van der Waals surface area (Å²) in [5, 5.41) is 2.77. The van der Waals surface area contributed by atoms with Crippen molar-refractivity contribution in [3.63, 3.8) is 0 Å². The number of hydrogen-bond donors (Lipinski definition) is 1. The van der Waals surface area contributed by atoms with Gasteiger partial charge in [0.1, 0.15) is 6.04 Å². The Balaban J connectivity index is 1.81. The van der Waals surface area contributed by atoms with Crippen molar-refractivity contribution in [2.75, 3.05) is 0 Å².